The quantitative estimate of drug-likeness (QED) is 0.384. The molecule has 0 saturated heterocycles. The van der Waals surface area contributed by atoms with Gasteiger partial charge in [0.2, 0.25) is 0 Å². The second kappa shape index (κ2) is 12.1. The fourth-order valence-electron chi connectivity index (χ4n) is 2.98. The van der Waals surface area contributed by atoms with Gasteiger partial charge in [0.25, 0.3) is 0 Å². The molecule has 1 saturated carbocycles. The van der Waals surface area contributed by atoms with Gasteiger partial charge < -0.3 is 0 Å². The van der Waals surface area contributed by atoms with Crippen LogP contribution in [0.4, 0.5) is 0 Å². The maximum absolute atomic E-state index is 2.31. The summed E-state index contributed by atoms with van der Waals surface area (Å²) in [4.78, 5) is 0. The van der Waals surface area contributed by atoms with E-state index in [4.69, 9.17) is 0 Å². The van der Waals surface area contributed by atoms with Crippen molar-refractivity contribution in [3.05, 3.63) is 0 Å². The van der Waals surface area contributed by atoms with Crippen LogP contribution in [0, 0.1) is 5.41 Å². The van der Waals surface area contributed by atoms with E-state index < -0.39 is 0 Å². The van der Waals surface area contributed by atoms with Crippen LogP contribution in [-0.4, -0.2) is 0 Å². The lowest BCUT2D eigenvalue weighted by molar-refractivity contribution is 0.0979. The van der Waals surface area contributed by atoms with Gasteiger partial charge in [-0.2, -0.15) is 0 Å². The van der Waals surface area contributed by atoms with Crippen LogP contribution in [0.25, 0.3) is 0 Å². The normalized spacial score (nSPS) is 16.7. The second-order valence-corrected chi connectivity index (χ2v) is 6.33. The summed E-state index contributed by atoms with van der Waals surface area (Å²) in [5.41, 5.74) is 0.822. The molecule has 0 aliphatic heterocycles. The Morgan fingerprint density at radius 3 is 1.50 bits per heavy atom. The Hall–Kier alpha value is 0. The van der Waals surface area contributed by atoms with Crippen molar-refractivity contribution in [2.45, 2.75) is 111 Å². The van der Waals surface area contributed by atoms with Crippen molar-refractivity contribution in [2.75, 3.05) is 0 Å². The molecule has 0 heterocycles. The molecule has 0 N–H and O–H groups in total. The van der Waals surface area contributed by atoms with Gasteiger partial charge in [-0.3, -0.25) is 0 Å². The predicted octanol–water partition coefficient (Wildman–Crippen LogP) is 7.12. The Bertz CT molecular complexity index is 155. The van der Waals surface area contributed by atoms with Crippen molar-refractivity contribution < 1.29 is 0 Å². The summed E-state index contributed by atoms with van der Waals surface area (Å²) in [5.74, 6) is 0. The summed E-state index contributed by atoms with van der Waals surface area (Å²) in [6.45, 7) is 8.87. The van der Waals surface area contributed by atoms with Crippen LogP contribution in [0.5, 0.6) is 0 Å². The summed E-state index contributed by atoms with van der Waals surface area (Å²) >= 11 is 0. The zero-order valence-electron chi connectivity index (χ0n) is 13.7. The van der Waals surface area contributed by atoms with Crippen LogP contribution < -0.4 is 0 Å². The van der Waals surface area contributed by atoms with E-state index in [1.54, 1.807) is 12.8 Å². The number of hydrogen-bond donors (Lipinski definition) is 0. The molecule has 0 bridgehead atoms. The third-order valence-corrected chi connectivity index (χ3v) is 4.29. The van der Waals surface area contributed by atoms with Crippen molar-refractivity contribution in [1.29, 1.82) is 0 Å². The molecule has 0 aromatic carbocycles. The minimum Gasteiger partial charge on any atom is -0.0656 e. The molecule has 1 fully saturated rings. The van der Waals surface area contributed by atoms with Crippen molar-refractivity contribution in [3.8, 4) is 0 Å². The van der Waals surface area contributed by atoms with E-state index in [-0.39, 0.29) is 0 Å². The standard InChI is InChI=1S/C15H30.C3H8/c1-3-5-7-9-12-15(13-10-14-15)11-8-6-4-2;1-3-2/h3-14H2,1-2H3;3H2,1-2H3. The Morgan fingerprint density at radius 1 is 0.667 bits per heavy atom. The third kappa shape index (κ3) is 8.16. The highest BCUT2D eigenvalue weighted by Crippen LogP contribution is 2.49. The molecular formula is C18H38. The predicted molar refractivity (Wildman–Crippen MR) is 85.2 cm³/mol. The van der Waals surface area contributed by atoms with Gasteiger partial charge in [-0.15, -0.1) is 0 Å². The third-order valence-electron chi connectivity index (χ3n) is 4.29. The van der Waals surface area contributed by atoms with Crippen LogP contribution in [0.1, 0.15) is 111 Å². The average Bonchev–Trinajstić information content (AvgIpc) is 2.31. The van der Waals surface area contributed by atoms with Gasteiger partial charge in [0.15, 0.2) is 0 Å². The Labute approximate surface area is 117 Å². The van der Waals surface area contributed by atoms with Gasteiger partial charge in [0, 0.05) is 0 Å². The summed E-state index contributed by atoms with van der Waals surface area (Å²) in [5, 5.41) is 0. The van der Waals surface area contributed by atoms with E-state index in [0.717, 1.165) is 5.41 Å². The molecule has 0 nitrogen and oxygen atoms in total. The number of rotatable bonds is 9. The van der Waals surface area contributed by atoms with Gasteiger partial charge in [-0.25, -0.2) is 0 Å². The Balaban J connectivity index is 0.000000873. The van der Waals surface area contributed by atoms with Gasteiger partial charge in [0.1, 0.15) is 0 Å². The smallest absolute Gasteiger partial charge is 0.0297 e. The topological polar surface area (TPSA) is 0 Å². The highest BCUT2D eigenvalue weighted by atomic mass is 14.4. The molecule has 0 amide bonds. The first-order valence-corrected chi connectivity index (χ1v) is 8.74. The van der Waals surface area contributed by atoms with Gasteiger partial charge in [-0.05, 0) is 31.1 Å². The van der Waals surface area contributed by atoms with Crippen molar-refractivity contribution in [3.63, 3.8) is 0 Å². The lowest BCUT2D eigenvalue weighted by Gasteiger charge is -2.42. The molecule has 1 rings (SSSR count). The maximum atomic E-state index is 2.31. The fraction of sp³-hybridized carbons (Fsp3) is 1.00. The Kier molecular flexibility index (Phi) is 12.1. The van der Waals surface area contributed by atoms with E-state index in [1.807, 2.05) is 0 Å². The van der Waals surface area contributed by atoms with Gasteiger partial charge >= 0.3 is 0 Å². The van der Waals surface area contributed by atoms with Crippen LogP contribution in [0.15, 0.2) is 0 Å². The van der Waals surface area contributed by atoms with Gasteiger partial charge in [0.05, 0.1) is 0 Å². The van der Waals surface area contributed by atoms with Crippen LogP contribution in [0.3, 0.4) is 0 Å². The molecule has 0 radical (unpaired) electrons. The van der Waals surface area contributed by atoms with Gasteiger partial charge in [-0.1, -0.05) is 85.5 Å². The fourth-order valence-corrected chi connectivity index (χ4v) is 2.98. The van der Waals surface area contributed by atoms with E-state index >= 15 is 0 Å². The zero-order chi connectivity index (χ0) is 13.7. The second-order valence-electron chi connectivity index (χ2n) is 6.33. The molecule has 0 aromatic rings. The lowest BCUT2D eigenvalue weighted by Crippen LogP contribution is -2.29. The molecule has 0 aromatic heterocycles. The Morgan fingerprint density at radius 2 is 1.11 bits per heavy atom. The molecule has 1 aliphatic carbocycles. The van der Waals surface area contributed by atoms with Crippen molar-refractivity contribution >= 4 is 0 Å². The zero-order valence-corrected chi connectivity index (χ0v) is 13.7. The van der Waals surface area contributed by atoms with E-state index in [2.05, 4.69) is 27.7 Å². The highest BCUT2D eigenvalue weighted by molar-refractivity contribution is 4.87. The van der Waals surface area contributed by atoms with Crippen LogP contribution >= 0.6 is 0 Å². The first kappa shape index (κ1) is 18.0. The number of hydrogen-bond acceptors (Lipinski definition) is 0. The van der Waals surface area contributed by atoms with Crippen molar-refractivity contribution in [2.24, 2.45) is 5.41 Å². The first-order valence-electron chi connectivity index (χ1n) is 8.74. The molecule has 0 unspecified atom stereocenters. The molecule has 110 valence electrons. The van der Waals surface area contributed by atoms with E-state index in [9.17, 15) is 0 Å². The van der Waals surface area contributed by atoms with Crippen LogP contribution in [0.2, 0.25) is 0 Å². The SMILES string of the molecule is CCC.CCCCCCC1(CCCCC)CCC1. The lowest BCUT2D eigenvalue weighted by atomic mass is 9.63. The molecule has 0 heteroatoms. The minimum absolute atomic E-state index is 0.822. The molecular weight excluding hydrogens is 216 g/mol. The van der Waals surface area contributed by atoms with E-state index in [1.165, 1.54) is 70.6 Å². The summed E-state index contributed by atoms with van der Waals surface area (Å²) in [6, 6.07) is 0. The summed E-state index contributed by atoms with van der Waals surface area (Å²) in [6.07, 6.45) is 19.1. The van der Waals surface area contributed by atoms with Crippen molar-refractivity contribution in [1.82, 2.24) is 0 Å². The van der Waals surface area contributed by atoms with Crippen LogP contribution in [-0.2, 0) is 0 Å². The molecule has 0 atom stereocenters. The number of unbranched alkanes of at least 4 members (excludes halogenated alkanes) is 5. The average molecular weight is 255 g/mol. The monoisotopic (exact) mass is 254 g/mol. The summed E-state index contributed by atoms with van der Waals surface area (Å²) in [7, 11) is 0. The van der Waals surface area contributed by atoms with E-state index in [0.29, 0.717) is 0 Å². The largest absolute Gasteiger partial charge is 0.0656 e. The molecule has 0 spiro atoms. The maximum Gasteiger partial charge on any atom is -0.0297 e. The molecule has 1 aliphatic rings. The minimum atomic E-state index is 0.822. The highest BCUT2D eigenvalue weighted by Gasteiger charge is 2.35. The molecule has 18 heavy (non-hydrogen) atoms. The first-order chi connectivity index (χ1) is 8.74. The summed E-state index contributed by atoms with van der Waals surface area (Å²) < 4.78 is 0.